The van der Waals surface area contributed by atoms with Crippen molar-refractivity contribution in [1.29, 1.82) is 0 Å². The Morgan fingerprint density at radius 1 is 1.22 bits per heavy atom. The van der Waals surface area contributed by atoms with Crippen LogP contribution < -0.4 is 5.32 Å². The Bertz CT molecular complexity index is 800. The van der Waals surface area contributed by atoms with E-state index in [1.165, 1.54) is 6.08 Å². The zero-order valence-electron chi connectivity index (χ0n) is 16.7. The fourth-order valence-corrected chi connectivity index (χ4v) is 3.41. The minimum Gasteiger partial charge on any atom is -0.353 e. The first-order valence-corrected chi connectivity index (χ1v) is 9.50. The topological polar surface area (TPSA) is 67.2 Å². The zero-order chi connectivity index (χ0) is 20.0. The normalized spacial score (nSPS) is 11.2. The second-order valence-corrected chi connectivity index (χ2v) is 7.19. The summed E-state index contributed by atoms with van der Waals surface area (Å²) in [6.07, 6.45) is 2.69. The van der Waals surface area contributed by atoms with Gasteiger partial charge in [0, 0.05) is 25.0 Å². The zero-order valence-corrected chi connectivity index (χ0v) is 16.7. The van der Waals surface area contributed by atoms with E-state index in [1.807, 2.05) is 61.4 Å². The molecule has 2 amide bonds. The summed E-state index contributed by atoms with van der Waals surface area (Å²) in [4.78, 5) is 30.9. The van der Waals surface area contributed by atoms with Crippen LogP contribution >= 0.6 is 0 Å². The molecule has 146 valence electrons. The van der Waals surface area contributed by atoms with Crippen molar-refractivity contribution in [2.45, 2.75) is 59.2 Å². The summed E-state index contributed by atoms with van der Waals surface area (Å²) in [5, 5.41) is 2.78. The average Bonchev–Trinajstić information content (AvgIpc) is 2.95. The standard InChI is InChI=1S/C21H30N4O2/c1-6-20(26)22-13-9-12-19-23-17-10-7-8-11-18(17)24(19)14-21(27)25(15(2)3)16(4)5/h6-8,10-11,15-16H,1,9,12-14H2,2-5H3,(H,22,26). The number of para-hydroxylation sites is 2. The molecule has 0 saturated carbocycles. The second kappa shape index (κ2) is 9.35. The van der Waals surface area contributed by atoms with Gasteiger partial charge in [-0.25, -0.2) is 4.98 Å². The molecule has 1 aromatic carbocycles. The van der Waals surface area contributed by atoms with E-state index >= 15 is 0 Å². The molecule has 0 aliphatic heterocycles. The molecular formula is C21H30N4O2. The van der Waals surface area contributed by atoms with E-state index in [1.54, 1.807) is 0 Å². The summed E-state index contributed by atoms with van der Waals surface area (Å²) in [6.45, 7) is 12.4. The van der Waals surface area contributed by atoms with Gasteiger partial charge >= 0.3 is 0 Å². The van der Waals surface area contributed by atoms with Gasteiger partial charge in [-0.1, -0.05) is 18.7 Å². The van der Waals surface area contributed by atoms with Crippen molar-refractivity contribution in [3.05, 3.63) is 42.7 Å². The predicted octanol–water partition coefficient (Wildman–Crippen LogP) is 2.92. The molecule has 0 spiro atoms. The van der Waals surface area contributed by atoms with Crippen molar-refractivity contribution in [2.75, 3.05) is 6.54 Å². The Balaban J connectivity index is 2.21. The van der Waals surface area contributed by atoms with Gasteiger partial charge in [-0.3, -0.25) is 9.59 Å². The number of nitrogens with zero attached hydrogens (tertiary/aromatic N) is 3. The lowest BCUT2D eigenvalue weighted by Crippen LogP contribution is -2.43. The van der Waals surface area contributed by atoms with Gasteiger partial charge in [0.05, 0.1) is 11.0 Å². The van der Waals surface area contributed by atoms with Crippen LogP contribution in [0.15, 0.2) is 36.9 Å². The molecule has 27 heavy (non-hydrogen) atoms. The summed E-state index contributed by atoms with van der Waals surface area (Å²) in [7, 11) is 0. The molecule has 0 aliphatic rings. The first-order chi connectivity index (χ1) is 12.8. The number of fused-ring (bicyclic) bond motifs is 1. The molecule has 0 fully saturated rings. The lowest BCUT2D eigenvalue weighted by molar-refractivity contribution is -0.135. The molecular weight excluding hydrogens is 340 g/mol. The van der Waals surface area contributed by atoms with Gasteiger partial charge in [-0.05, 0) is 52.3 Å². The molecule has 0 atom stereocenters. The Labute approximate surface area is 161 Å². The number of nitrogens with one attached hydrogen (secondary N) is 1. The first kappa shape index (κ1) is 20.7. The Kier molecular flexibility index (Phi) is 7.16. The average molecular weight is 370 g/mol. The smallest absolute Gasteiger partial charge is 0.243 e. The van der Waals surface area contributed by atoms with Crippen molar-refractivity contribution in [2.24, 2.45) is 0 Å². The fourth-order valence-electron chi connectivity index (χ4n) is 3.41. The van der Waals surface area contributed by atoms with Gasteiger partial charge in [0.25, 0.3) is 0 Å². The molecule has 2 rings (SSSR count). The highest BCUT2D eigenvalue weighted by Crippen LogP contribution is 2.18. The molecule has 0 unspecified atom stereocenters. The third kappa shape index (κ3) is 5.18. The molecule has 1 aromatic heterocycles. The predicted molar refractivity (Wildman–Crippen MR) is 108 cm³/mol. The SMILES string of the molecule is C=CC(=O)NCCCc1nc2ccccc2n1CC(=O)N(C(C)C)C(C)C. The molecule has 6 heteroatoms. The van der Waals surface area contributed by atoms with Crippen LogP contribution in [-0.2, 0) is 22.6 Å². The molecule has 6 nitrogen and oxygen atoms in total. The quantitative estimate of drug-likeness (QED) is 0.545. The van der Waals surface area contributed by atoms with Crippen LogP contribution in [0.25, 0.3) is 11.0 Å². The van der Waals surface area contributed by atoms with Crippen molar-refractivity contribution >= 4 is 22.8 Å². The largest absolute Gasteiger partial charge is 0.353 e. The molecule has 0 bridgehead atoms. The van der Waals surface area contributed by atoms with Gasteiger partial charge in [0.1, 0.15) is 12.4 Å². The van der Waals surface area contributed by atoms with Gasteiger partial charge < -0.3 is 14.8 Å². The highest BCUT2D eigenvalue weighted by Gasteiger charge is 2.22. The summed E-state index contributed by atoms with van der Waals surface area (Å²) >= 11 is 0. The Hall–Kier alpha value is -2.63. The Morgan fingerprint density at radius 3 is 2.52 bits per heavy atom. The Morgan fingerprint density at radius 2 is 1.89 bits per heavy atom. The van der Waals surface area contributed by atoms with Crippen molar-refractivity contribution in [1.82, 2.24) is 19.8 Å². The minimum absolute atomic E-state index is 0.0874. The van der Waals surface area contributed by atoms with Gasteiger partial charge in [-0.2, -0.15) is 0 Å². The van der Waals surface area contributed by atoms with E-state index in [4.69, 9.17) is 4.98 Å². The number of hydrogen-bond acceptors (Lipinski definition) is 3. The van der Waals surface area contributed by atoms with Crippen LogP contribution in [0.3, 0.4) is 0 Å². The van der Waals surface area contributed by atoms with Crippen molar-refractivity contribution in [3.8, 4) is 0 Å². The fraction of sp³-hybridized carbons (Fsp3) is 0.476. The lowest BCUT2D eigenvalue weighted by atomic mass is 10.2. The highest BCUT2D eigenvalue weighted by molar-refractivity contribution is 5.86. The molecule has 1 N–H and O–H groups in total. The summed E-state index contributed by atoms with van der Waals surface area (Å²) in [6, 6.07) is 8.15. The van der Waals surface area contributed by atoms with Crippen LogP contribution in [0.1, 0.15) is 39.9 Å². The summed E-state index contributed by atoms with van der Waals surface area (Å²) < 4.78 is 2.00. The third-order valence-electron chi connectivity index (χ3n) is 4.49. The van der Waals surface area contributed by atoms with Crippen LogP contribution in [-0.4, -0.2) is 44.9 Å². The number of benzene rings is 1. The summed E-state index contributed by atoms with van der Waals surface area (Å²) in [5.41, 5.74) is 1.85. The molecule has 0 aliphatic carbocycles. The van der Waals surface area contributed by atoms with Gasteiger partial charge in [-0.15, -0.1) is 0 Å². The number of carbonyl (C=O) groups is 2. The van der Waals surface area contributed by atoms with E-state index in [2.05, 4.69) is 11.9 Å². The number of aryl methyl sites for hydroxylation is 1. The molecule has 2 aromatic rings. The van der Waals surface area contributed by atoms with E-state index in [0.29, 0.717) is 13.0 Å². The molecule has 0 radical (unpaired) electrons. The van der Waals surface area contributed by atoms with Crippen LogP contribution in [0.4, 0.5) is 0 Å². The van der Waals surface area contributed by atoms with Crippen LogP contribution in [0.2, 0.25) is 0 Å². The maximum atomic E-state index is 13.0. The number of amides is 2. The maximum Gasteiger partial charge on any atom is 0.243 e. The number of carbonyl (C=O) groups excluding carboxylic acids is 2. The van der Waals surface area contributed by atoms with Crippen LogP contribution in [0, 0.1) is 0 Å². The van der Waals surface area contributed by atoms with Gasteiger partial charge in [0.15, 0.2) is 0 Å². The number of imidazole rings is 1. The van der Waals surface area contributed by atoms with Gasteiger partial charge in [0.2, 0.25) is 11.8 Å². The molecule has 1 heterocycles. The minimum atomic E-state index is -0.178. The van der Waals surface area contributed by atoms with Crippen molar-refractivity contribution < 1.29 is 9.59 Å². The summed E-state index contributed by atoms with van der Waals surface area (Å²) in [5.74, 6) is 0.775. The monoisotopic (exact) mass is 370 g/mol. The third-order valence-corrected chi connectivity index (χ3v) is 4.49. The van der Waals surface area contributed by atoms with E-state index < -0.39 is 0 Å². The molecule has 0 saturated heterocycles. The second-order valence-electron chi connectivity index (χ2n) is 7.19. The van der Waals surface area contributed by atoms with Crippen molar-refractivity contribution in [3.63, 3.8) is 0 Å². The maximum absolute atomic E-state index is 13.0. The van der Waals surface area contributed by atoms with E-state index in [0.717, 1.165) is 23.3 Å². The van der Waals surface area contributed by atoms with E-state index in [9.17, 15) is 9.59 Å². The number of rotatable bonds is 9. The first-order valence-electron chi connectivity index (χ1n) is 9.50. The lowest BCUT2D eigenvalue weighted by Gasteiger charge is -2.31. The highest BCUT2D eigenvalue weighted by atomic mass is 16.2. The van der Waals surface area contributed by atoms with E-state index in [-0.39, 0.29) is 30.4 Å². The number of aromatic nitrogens is 2. The van der Waals surface area contributed by atoms with Crippen LogP contribution in [0.5, 0.6) is 0 Å². The number of hydrogen-bond donors (Lipinski definition) is 1.